The number of ether oxygens (including phenoxy) is 1. The van der Waals surface area contributed by atoms with Gasteiger partial charge in [0, 0.05) is 13.1 Å². The van der Waals surface area contributed by atoms with Crippen molar-refractivity contribution in [3.8, 4) is 0 Å². The molecule has 8 heteroatoms. The SMILES string of the molecule is CC(C)COC(=O)CC(O)CN(CC(=O)N1CC(=O)NC1(C)C)Cc1ccccc1. The zero-order valence-corrected chi connectivity index (χ0v) is 18.3. The molecule has 0 saturated carbocycles. The first-order valence-corrected chi connectivity index (χ1v) is 10.3. The molecule has 8 nitrogen and oxygen atoms in total. The van der Waals surface area contributed by atoms with Crippen LogP contribution in [0.3, 0.4) is 0 Å². The monoisotopic (exact) mass is 419 g/mol. The smallest absolute Gasteiger partial charge is 0.308 e. The Balaban J connectivity index is 2.02. The number of hydrogen-bond donors (Lipinski definition) is 2. The number of aliphatic hydroxyl groups is 1. The standard InChI is InChI=1S/C22H33N3O5/c1-16(2)15-30-21(29)10-18(26)12-24(11-17-8-6-5-7-9-17)14-20(28)25-13-19(27)23-22(25,3)4/h5-9,16,18,26H,10-15H2,1-4H3,(H,23,27). The second-order valence-corrected chi connectivity index (χ2v) is 8.68. The molecule has 30 heavy (non-hydrogen) atoms. The number of carbonyl (C=O) groups is 3. The Hall–Kier alpha value is -2.45. The summed E-state index contributed by atoms with van der Waals surface area (Å²) in [5.74, 6) is -0.657. The normalized spacial score (nSPS) is 16.6. The van der Waals surface area contributed by atoms with Gasteiger partial charge in [-0.1, -0.05) is 44.2 Å². The molecule has 1 aliphatic heterocycles. The van der Waals surface area contributed by atoms with Crippen molar-refractivity contribution in [3.05, 3.63) is 35.9 Å². The van der Waals surface area contributed by atoms with Gasteiger partial charge in [0.1, 0.15) is 12.2 Å². The molecule has 0 aromatic heterocycles. The molecule has 2 rings (SSSR count). The van der Waals surface area contributed by atoms with Crippen LogP contribution in [0.4, 0.5) is 0 Å². The molecule has 0 spiro atoms. The highest BCUT2D eigenvalue weighted by Gasteiger charge is 2.40. The molecule has 166 valence electrons. The summed E-state index contributed by atoms with van der Waals surface area (Å²) in [6.45, 7) is 8.33. The Morgan fingerprint density at radius 2 is 1.93 bits per heavy atom. The van der Waals surface area contributed by atoms with Crippen molar-refractivity contribution in [1.82, 2.24) is 15.1 Å². The average molecular weight is 420 g/mol. The minimum absolute atomic E-state index is 0.00902. The minimum atomic E-state index is -0.965. The lowest BCUT2D eigenvalue weighted by molar-refractivity contribution is -0.147. The number of rotatable bonds is 10. The first-order valence-electron chi connectivity index (χ1n) is 10.3. The van der Waals surface area contributed by atoms with Crippen LogP contribution in [-0.4, -0.2) is 70.7 Å². The summed E-state index contributed by atoms with van der Waals surface area (Å²) in [5, 5.41) is 13.2. The molecule has 1 fully saturated rings. The van der Waals surface area contributed by atoms with Crippen LogP contribution in [0.2, 0.25) is 0 Å². The van der Waals surface area contributed by atoms with Crippen molar-refractivity contribution < 1.29 is 24.2 Å². The molecule has 1 atom stereocenters. The Kier molecular flexibility index (Phi) is 8.37. The molecule has 0 bridgehead atoms. The third kappa shape index (κ3) is 7.42. The average Bonchev–Trinajstić information content (AvgIpc) is 2.93. The first kappa shape index (κ1) is 23.8. The van der Waals surface area contributed by atoms with Gasteiger partial charge in [-0.2, -0.15) is 0 Å². The van der Waals surface area contributed by atoms with E-state index in [1.165, 1.54) is 4.90 Å². The molecule has 1 aliphatic rings. The van der Waals surface area contributed by atoms with E-state index in [0.29, 0.717) is 13.2 Å². The van der Waals surface area contributed by atoms with Crippen LogP contribution >= 0.6 is 0 Å². The number of benzene rings is 1. The van der Waals surface area contributed by atoms with E-state index >= 15 is 0 Å². The second-order valence-electron chi connectivity index (χ2n) is 8.68. The molecule has 1 heterocycles. The molecule has 2 amide bonds. The lowest BCUT2D eigenvalue weighted by atomic mass is 10.1. The highest BCUT2D eigenvalue weighted by atomic mass is 16.5. The van der Waals surface area contributed by atoms with Gasteiger partial charge in [0.2, 0.25) is 11.8 Å². The van der Waals surface area contributed by atoms with Gasteiger partial charge in [-0.3, -0.25) is 19.3 Å². The first-order chi connectivity index (χ1) is 14.1. The lowest BCUT2D eigenvalue weighted by Gasteiger charge is -2.33. The van der Waals surface area contributed by atoms with Gasteiger partial charge >= 0.3 is 5.97 Å². The minimum Gasteiger partial charge on any atom is -0.465 e. The Bertz CT molecular complexity index is 736. The summed E-state index contributed by atoms with van der Waals surface area (Å²) in [5.41, 5.74) is 0.223. The maximum atomic E-state index is 12.9. The molecule has 1 saturated heterocycles. The fourth-order valence-corrected chi connectivity index (χ4v) is 3.37. The van der Waals surface area contributed by atoms with Gasteiger partial charge in [0.15, 0.2) is 0 Å². The van der Waals surface area contributed by atoms with E-state index in [9.17, 15) is 19.5 Å². The summed E-state index contributed by atoms with van der Waals surface area (Å²) in [7, 11) is 0. The highest BCUT2D eigenvalue weighted by molar-refractivity contribution is 5.90. The predicted octanol–water partition coefficient (Wildman–Crippen LogP) is 1.13. The van der Waals surface area contributed by atoms with Crippen LogP contribution in [0, 0.1) is 5.92 Å². The number of nitrogens with one attached hydrogen (secondary N) is 1. The maximum absolute atomic E-state index is 12.9. The summed E-state index contributed by atoms with van der Waals surface area (Å²) in [6.07, 6.45) is -1.10. The topological polar surface area (TPSA) is 99.2 Å². The fraction of sp³-hybridized carbons (Fsp3) is 0.591. The number of amides is 2. The molecule has 1 unspecified atom stereocenters. The Morgan fingerprint density at radius 3 is 2.50 bits per heavy atom. The van der Waals surface area contributed by atoms with Crippen LogP contribution in [0.25, 0.3) is 0 Å². The zero-order valence-electron chi connectivity index (χ0n) is 18.3. The van der Waals surface area contributed by atoms with Crippen molar-refractivity contribution in [1.29, 1.82) is 0 Å². The molecule has 1 aromatic rings. The molecular weight excluding hydrogens is 386 g/mol. The van der Waals surface area contributed by atoms with E-state index in [2.05, 4.69) is 5.32 Å². The summed E-state index contributed by atoms with van der Waals surface area (Å²) >= 11 is 0. The zero-order chi connectivity index (χ0) is 22.3. The second kappa shape index (κ2) is 10.5. The van der Waals surface area contributed by atoms with Crippen molar-refractivity contribution in [3.63, 3.8) is 0 Å². The lowest BCUT2D eigenvalue weighted by Crippen LogP contribution is -2.52. The van der Waals surface area contributed by atoms with Crippen molar-refractivity contribution in [2.45, 2.75) is 52.4 Å². The number of carbonyl (C=O) groups excluding carboxylic acids is 3. The molecular formula is C22H33N3O5. The summed E-state index contributed by atoms with van der Waals surface area (Å²) in [6, 6.07) is 9.59. The van der Waals surface area contributed by atoms with Gasteiger partial charge in [-0.15, -0.1) is 0 Å². The van der Waals surface area contributed by atoms with Gasteiger partial charge in [-0.05, 0) is 25.3 Å². The summed E-state index contributed by atoms with van der Waals surface area (Å²) < 4.78 is 5.14. The van der Waals surface area contributed by atoms with Crippen LogP contribution in [0.15, 0.2) is 30.3 Å². The molecule has 2 N–H and O–H groups in total. The summed E-state index contributed by atoms with van der Waals surface area (Å²) in [4.78, 5) is 39.9. The third-order valence-electron chi connectivity index (χ3n) is 4.78. The largest absolute Gasteiger partial charge is 0.465 e. The van der Waals surface area contributed by atoms with Crippen molar-refractivity contribution in [2.75, 3.05) is 26.2 Å². The number of nitrogens with zero attached hydrogens (tertiary/aromatic N) is 2. The number of aliphatic hydroxyl groups excluding tert-OH is 1. The van der Waals surface area contributed by atoms with E-state index < -0.39 is 17.7 Å². The highest BCUT2D eigenvalue weighted by Crippen LogP contribution is 2.18. The quantitative estimate of drug-likeness (QED) is 0.552. The fourth-order valence-electron chi connectivity index (χ4n) is 3.37. The third-order valence-corrected chi connectivity index (χ3v) is 4.78. The maximum Gasteiger partial charge on any atom is 0.308 e. The van der Waals surface area contributed by atoms with Crippen LogP contribution in [0.1, 0.15) is 39.7 Å². The van der Waals surface area contributed by atoms with Gasteiger partial charge in [-0.25, -0.2) is 0 Å². The number of hydrogen-bond acceptors (Lipinski definition) is 6. The Morgan fingerprint density at radius 1 is 1.27 bits per heavy atom. The van der Waals surface area contributed by atoms with Crippen LogP contribution in [0.5, 0.6) is 0 Å². The van der Waals surface area contributed by atoms with Crippen molar-refractivity contribution in [2.24, 2.45) is 5.92 Å². The van der Waals surface area contributed by atoms with Gasteiger partial charge < -0.3 is 20.1 Å². The van der Waals surface area contributed by atoms with Crippen LogP contribution < -0.4 is 5.32 Å². The van der Waals surface area contributed by atoms with Crippen molar-refractivity contribution >= 4 is 17.8 Å². The predicted molar refractivity (Wildman–Crippen MR) is 112 cm³/mol. The van der Waals surface area contributed by atoms with Gasteiger partial charge in [0.25, 0.3) is 0 Å². The molecule has 1 aromatic carbocycles. The van der Waals surface area contributed by atoms with Crippen LogP contribution in [-0.2, 0) is 25.7 Å². The van der Waals surface area contributed by atoms with E-state index in [1.54, 1.807) is 18.7 Å². The van der Waals surface area contributed by atoms with Gasteiger partial charge in [0.05, 0.1) is 25.7 Å². The van der Waals surface area contributed by atoms with E-state index in [1.807, 2.05) is 44.2 Å². The molecule has 0 radical (unpaired) electrons. The number of esters is 1. The Labute approximate surface area is 178 Å². The molecule has 0 aliphatic carbocycles. The van der Waals surface area contributed by atoms with E-state index in [4.69, 9.17) is 4.74 Å². The van der Waals surface area contributed by atoms with E-state index in [0.717, 1.165) is 5.56 Å². The van der Waals surface area contributed by atoms with E-state index in [-0.39, 0.29) is 43.8 Å².